The van der Waals surface area contributed by atoms with Gasteiger partial charge in [-0.2, -0.15) is 8.62 Å². The molecule has 0 aromatic carbocycles. The molecule has 8 N–H and O–H groups in total. The van der Waals surface area contributed by atoms with E-state index in [1.165, 1.54) is 0 Å². The second kappa shape index (κ2) is 8.72. The van der Waals surface area contributed by atoms with Crippen LogP contribution in [0.4, 0.5) is 0 Å². The number of aromatic nitrogens is 2. The van der Waals surface area contributed by atoms with E-state index in [4.69, 9.17) is 24.5 Å². The number of rotatable bonds is 8. The first-order valence-corrected chi connectivity index (χ1v) is 11.9. The third-order valence-electron chi connectivity index (χ3n) is 3.36. The summed E-state index contributed by atoms with van der Waals surface area (Å²) < 4.78 is 50.3. The van der Waals surface area contributed by atoms with Gasteiger partial charge in [0.15, 0.2) is 6.23 Å². The van der Waals surface area contributed by atoms with Crippen molar-refractivity contribution in [3.8, 4) is 5.75 Å². The maximum Gasteiger partial charge on any atom is 0.536 e. The van der Waals surface area contributed by atoms with Crippen LogP contribution in [0.1, 0.15) is 6.23 Å². The van der Waals surface area contributed by atoms with Crippen LogP contribution in [-0.2, 0) is 27.1 Å². The normalized spacial score (nSPS) is 28.6. The molecule has 0 radical (unpaired) electrons. The van der Waals surface area contributed by atoms with Gasteiger partial charge in [0.05, 0.1) is 12.8 Å². The largest absolute Gasteiger partial charge is 0.536 e. The highest BCUT2D eigenvalue weighted by Crippen LogP contribution is 2.65. The van der Waals surface area contributed by atoms with Crippen LogP contribution in [0.3, 0.4) is 0 Å². The lowest BCUT2D eigenvalue weighted by molar-refractivity contribution is -0.0552. The number of aliphatic hydroxyl groups is 3. The summed E-state index contributed by atoms with van der Waals surface area (Å²) in [5.41, 5.74) is -2.72. The average molecular weight is 500 g/mol. The van der Waals surface area contributed by atoms with E-state index in [9.17, 15) is 38.4 Å². The van der Waals surface area contributed by atoms with Gasteiger partial charge in [-0.3, -0.25) is 19.2 Å². The fraction of sp³-hybridized carbons (Fsp3) is 0.556. The number of phosphoric acid groups is 3. The molecule has 172 valence electrons. The Balaban J connectivity index is 2.33. The summed E-state index contributed by atoms with van der Waals surface area (Å²) >= 11 is 0. The summed E-state index contributed by atoms with van der Waals surface area (Å²) in [7, 11) is -17.3. The monoisotopic (exact) mass is 500 g/mol. The fourth-order valence-electron chi connectivity index (χ4n) is 2.25. The minimum absolute atomic E-state index is 0.394. The second-order valence-corrected chi connectivity index (χ2v) is 9.92. The van der Waals surface area contributed by atoms with Gasteiger partial charge in [-0.05, 0) is 0 Å². The molecule has 0 aliphatic carbocycles. The van der Waals surface area contributed by atoms with Crippen LogP contribution in [0.15, 0.2) is 15.8 Å². The molecule has 30 heavy (non-hydrogen) atoms. The third kappa shape index (κ3) is 6.15. The topological polar surface area (TPSA) is 285 Å². The molecule has 2 heterocycles. The molecule has 1 aliphatic rings. The van der Waals surface area contributed by atoms with Gasteiger partial charge in [-0.25, -0.2) is 18.5 Å². The standard InChI is InChI=1S/C9H15N2O16P3/c12-2-4-5(13)6(14)8(24-4)11-1-3(7(15)10-9(11)16)25-29(20,21)27-30(22,23)26-28(17,18)19/h1,4-6,8,12-14H,2H2,(H,20,21)(H,22,23)(H,10,15,16)(H2,17,18,19)/t4-,5-,6-,8-/m1/s1. The SMILES string of the molecule is O=c1[nH]c(=O)n([C@@H]2O[C@H](CO)[C@@H](O)[C@H]2O)cc1OP(=O)(O)OP(=O)(O)OP(=O)(O)O. The first-order chi connectivity index (χ1) is 13.6. The minimum atomic E-state index is -5.87. The molecule has 1 aromatic heterocycles. The predicted octanol–water partition coefficient (Wildman–Crippen LogP) is -3.15. The maximum atomic E-state index is 11.9. The number of nitrogens with zero attached hydrogens (tertiary/aromatic N) is 1. The zero-order chi connectivity index (χ0) is 23.1. The van der Waals surface area contributed by atoms with Crippen LogP contribution in [0.5, 0.6) is 5.75 Å². The average Bonchev–Trinajstić information content (AvgIpc) is 2.81. The summed E-state index contributed by atoms with van der Waals surface area (Å²) in [6.45, 7) is -0.763. The van der Waals surface area contributed by atoms with Crippen molar-refractivity contribution in [1.82, 2.24) is 9.55 Å². The molecule has 2 rings (SSSR count). The maximum absolute atomic E-state index is 11.9. The number of aromatic amines is 1. The van der Waals surface area contributed by atoms with Gasteiger partial charge < -0.3 is 39.3 Å². The Hall–Kier alpha value is -1.23. The molecule has 0 saturated carbocycles. The highest BCUT2D eigenvalue weighted by Gasteiger charge is 2.45. The molecular weight excluding hydrogens is 485 g/mol. The van der Waals surface area contributed by atoms with E-state index in [0.29, 0.717) is 10.8 Å². The summed E-state index contributed by atoms with van der Waals surface area (Å²) in [4.78, 5) is 60.8. The Bertz CT molecular complexity index is 1040. The number of aliphatic hydroxyl groups excluding tert-OH is 3. The van der Waals surface area contributed by atoms with Crippen LogP contribution in [0.2, 0.25) is 0 Å². The van der Waals surface area contributed by atoms with Crippen molar-refractivity contribution in [3.63, 3.8) is 0 Å². The molecule has 6 atom stereocenters. The van der Waals surface area contributed by atoms with Crippen molar-refractivity contribution in [2.75, 3.05) is 6.61 Å². The Morgan fingerprint density at radius 3 is 2.13 bits per heavy atom. The molecule has 1 aromatic rings. The highest BCUT2D eigenvalue weighted by atomic mass is 31.3. The predicted molar refractivity (Wildman–Crippen MR) is 88.8 cm³/mol. The third-order valence-corrected chi connectivity index (χ3v) is 7.11. The number of H-pyrrole nitrogens is 1. The van der Waals surface area contributed by atoms with Gasteiger partial charge in [0.25, 0.3) is 5.56 Å². The first-order valence-electron chi connectivity index (χ1n) is 7.36. The summed E-state index contributed by atoms with van der Waals surface area (Å²) in [5.74, 6) is -1.21. The van der Waals surface area contributed by atoms with Crippen LogP contribution in [0, 0.1) is 0 Å². The summed E-state index contributed by atoms with van der Waals surface area (Å²) in [6.07, 6.45) is -6.08. The zero-order valence-corrected chi connectivity index (χ0v) is 16.9. The van der Waals surface area contributed by atoms with Crippen molar-refractivity contribution in [3.05, 3.63) is 27.0 Å². The molecule has 0 amide bonds. The molecule has 1 fully saturated rings. The fourth-order valence-corrected chi connectivity index (χ4v) is 5.27. The highest BCUT2D eigenvalue weighted by molar-refractivity contribution is 7.66. The van der Waals surface area contributed by atoms with E-state index in [2.05, 4.69) is 13.1 Å². The molecule has 21 heteroatoms. The van der Waals surface area contributed by atoms with Crippen LogP contribution < -0.4 is 15.8 Å². The molecule has 2 unspecified atom stereocenters. The van der Waals surface area contributed by atoms with E-state index < -0.39 is 71.6 Å². The Morgan fingerprint density at radius 2 is 1.63 bits per heavy atom. The number of nitrogens with one attached hydrogen (secondary N) is 1. The number of phosphoric ester groups is 1. The Morgan fingerprint density at radius 1 is 1.03 bits per heavy atom. The van der Waals surface area contributed by atoms with Crippen molar-refractivity contribution >= 4 is 23.5 Å². The quantitative estimate of drug-likeness (QED) is 0.164. The molecule has 0 bridgehead atoms. The summed E-state index contributed by atoms with van der Waals surface area (Å²) in [6, 6.07) is 0. The number of hydrogen-bond acceptors (Lipinski definition) is 12. The number of hydrogen-bond donors (Lipinski definition) is 8. The lowest BCUT2D eigenvalue weighted by atomic mass is 10.1. The molecule has 1 aliphatic heterocycles. The molecule has 18 nitrogen and oxygen atoms in total. The van der Waals surface area contributed by atoms with Gasteiger partial charge in [0, 0.05) is 0 Å². The van der Waals surface area contributed by atoms with Gasteiger partial charge in [-0.15, -0.1) is 0 Å². The van der Waals surface area contributed by atoms with Gasteiger partial charge >= 0.3 is 29.2 Å². The van der Waals surface area contributed by atoms with Crippen molar-refractivity contribution in [1.29, 1.82) is 0 Å². The van der Waals surface area contributed by atoms with Crippen LogP contribution in [0.25, 0.3) is 0 Å². The van der Waals surface area contributed by atoms with E-state index >= 15 is 0 Å². The molecule has 0 spiro atoms. The van der Waals surface area contributed by atoms with Crippen molar-refractivity contribution < 1.29 is 66.5 Å². The van der Waals surface area contributed by atoms with Gasteiger partial charge in [0.1, 0.15) is 18.3 Å². The van der Waals surface area contributed by atoms with Gasteiger partial charge in [0.2, 0.25) is 5.75 Å². The van der Waals surface area contributed by atoms with E-state index in [1.54, 1.807) is 4.98 Å². The summed E-state index contributed by atoms with van der Waals surface area (Å²) in [5, 5.41) is 28.7. The first kappa shape index (κ1) is 25.0. The lowest BCUT2D eigenvalue weighted by Gasteiger charge is -2.19. The smallest absolute Gasteiger partial charge is 0.396 e. The van der Waals surface area contributed by atoms with Crippen LogP contribution >= 0.6 is 23.5 Å². The molecular formula is C9H15N2O16P3. The number of ether oxygens (including phenoxy) is 1. The van der Waals surface area contributed by atoms with E-state index in [1.807, 2.05) is 0 Å². The Kier molecular flexibility index (Phi) is 7.28. The lowest BCUT2D eigenvalue weighted by Crippen LogP contribution is -2.38. The Labute approximate surface area is 164 Å². The van der Waals surface area contributed by atoms with Crippen molar-refractivity contribution in [2.45, 2.75) is 24.5 Å². The second-order valence-electron chi connectivity index (χ2n) is 5.57. The van der Waals surface area contributed by atoms with Crippen LogP contribution in [-0.4, -0.2) is 69.4 Å². The van der Waals surface area contributed by atoms with Gasteiger partial charge in [-0.1, -0.05) is 0 Å². The van der Waals surface area contributed by atoms with Crippen molar-refractivity contribution in [2.24, 2.45) is 0 Å². The zero-order valence-electron chi connectivity index (χ0n) is 14.2. The van der Waals surface area contributed by atoms with E-state index in [-0.39, 0.29) is 0 Å². The van der Waals surface area contributed by atoms with E-state index in [0.717, 1.165) is 0 Å². The minimum Gasteiger partial charge on any atom is -0.396 e. The molecule has 1 saturated heterocycles.